The molecule has 0 radical (unpaired) electrons. The van der Waals surface area contributed by atoms with Crippen molar-refractivity contribution in [2.24, 2.45) is 16.9 Å². The molecule has 2 atom stereocenters. The zero-order valence-corrected chi connectivity index (χ0v) is 9.77. The highest BCUT2D eigenvalue weighted by atomic mass is 19.1. The van der Waals surface area contributed by atoms with Crippen LogP contribution in [0.5, 0.6) is 0 Å². The summed E-state index contributed by atoms with van der Waals surface area (Å²) in [4.78, 5) is 11.7. The van der Waals surface area contributed by atoms with Crippen LogP contribution in [0, 0.1) is 17.7 Å². The molecule has 0 saturated heterocycles. The number of nitrogens with one attached hydrogen (secondary N) is 1. The van der Waals surface area contributed by atoms with Gasteiger partial charge in [0.2, 0.25) is 0 Å². The van der Waals surface area contributed by atoms with Gasteiger partial charge in [0.25, 0.3) is 5.91 Å². The molecule has 1 aromatic rings. The number of benzene rings is 1. The lowest BCUT2D eigenvalue weighted by molar-refractivity contribution is 0.0954. The van der Waals surface area contributed by atoms with Crippen LogP contribution in [0.15, 0.2) is 41.5 Å². The number of halogens is 1. The van der Waals surface area contributed by atoms with Gasteiger partial charge in [-0.05, 0) is 43.0 Å². The first-order chi connectivity index (χ1) is 8.74. The van der Waals surface area contributed by atoms with Crippen LogP contribution in [0.25, 0.3) is 0 Å². The lowest BCUT2D eigenvalue weighted by Crippen LogP contribution is -2.35. The van der Waals surface area contributed by atoms with E-state index in [4.69, 9.17) is 0 Å². The Morgan fingerprint density at radius 1 is 1.33 bits per heavy atom. The second-order valence-corrected chi connectivity index (χ2v) is 4.69. The highest BCUT2D eigenvalue weighted by Gasteiger charge is 2.37. The number of hydrogen-bond acceptors (Lipinski definition) is 2. The molecule has 2 aliphatic carbocycles. The Hall–Kier alpha value is -1.97. The van der Waals surface area contributed by atoms with Gasteiger partial charge in [-0.1, -0.05) is 12.2 Å². The maximum atomic E-state index is 12.7. The number of rotatable bonds is 2. The van der Waals surface area contributed by atoms with Crippen LogP contribution < -0.4 is 5.43 Å². The third kappa shape index (κ3) is 1.94. The first kappa shape index (κ1) is 11.1. The van der Waals surface area contributed by atoms with Crippen LogP contribution >= 0.6 is 0 Å². The third-order valence-electron chi connectivity index (χ3n) is 3.57. The van der Waals surface area contributed by atoms with Gasteiger partial charge in [-0.15, -0.1) is 0 Å². The summed E-state index contributed by atoms with van der Waals surface area (Å²) in [5.41, 5.74) is 4.01. The summed E-state index contributed by atoms with van der Waals surface area (Å²) >= 11 is 0. The molecule has 2 unspecified atom stereocenters. The molecule has 1 amide bonds. The fourth-order valence-electron chi connectivity index (χ4n) is 2.45. The van der Waals surface area contributed by atoms with Gasteiger partial charge >= 0.3 is 0 Å². The number of amides is 1. The van der Waals surface area contributed by atoms with Crippen molar-refractivity contribution in [3.05, 3.63) is 47.8 Å². The summed E-state index contributed by atoms with van der Waals surface area (Å²) < 4.78 is 12.7. The van der Waals surface area contributed by atoms with E-state index in [-0.39, 0.29) is 11.7 Å². The first-order valence-electron chi connectivity index (χ1n) is 6.03. The van der Waals surface area contributed by atoms with Crippen LogP contribution in [0.1, 0.15) is 23.2 Å². The Morgan fingerprint density at radius 2 is 2.11 bits per heavy atom. The predicted octanol–water partition coefficient (Wildman–Crippen LogP) is 2.51. The SMILES string of the molecule is O=C(NN=C1CC2C=CCC12)c1ccc(F)cc1. The van der Waals surface area contributed by atoms with Crippen molar-refractivity contribution in [1.82, 2.24) is 5.43 Å². The van der Waals surface area contributed by atoms with Crippen LogP contribution in [0.4, 0.5) is 4.39 Å². The van der Waals surface area contributed by atoms with E-state index in [2.05, 4.69) is 22.7 Å². The normalized spacial score (nSPS) is 26.8. The first-order valence-corrected chi connectivity index (χ1v) is 6.03. The molecule has 92 valence electrons. The smallest absolute Gasteiger partial charge is 0.267 e. The van der Waals surface area contributed by atoms with Crippen molar-refractivity contribution in [3.8, 4) is 0 Å². The number of hydrogen-bond donors (Lipinski definition) is 1. The average Bonchev–Trinajstić information content (AvgIpc) is 2.72. The van der Waals surface area contributed by atoms with Gasteiger partial charge in [0.1, 0.15) is 5.82 Å². The van der Waals surface area contributed by atoms with Gasteiger partial charge in [-0.3, -0.25) is 4.79 Å². The number of nitrogens with zero attached hydrogens (tertiary/aromatic N) is 1. The van der Waals surface area contributed by atoms with E-state index in [1.54, 1.807) is 0 Å². The Labute approximate surface area is 104 Å². The Balaban J connectivity index is 1.62. The molecule has 1 aromatic carbocycles. The standard InChI is InChI=1S/C14H13FN2O/c15-11-6-4-9(5-7-11)14(18)17-16-13-8-10-2-1-3-12(10)13/h1-2,4-7,10,12H,3,8H2,(H,17,18). The van der Waals surface area contributed by atoms with Gasteiger partial charge < -0.3 is 0 Å². The fourth-order valence-corrected chi connectivity index (χ4v) is 2.45. The molecule has 1 fully saturated rings. The zero-order valence-electron chi connectivity index (χ0n) is 9.77. The van der Waals surface area contributed by atoms with Gasteiger partial charge in [0.15, 0.2) is 0 Å². The molecule has 0 aromatic heterocycles. The third-order valence-corrected chi connectivity index (χ3v) is 3.57. The van der Waals surface area contributed by atoms with E-state index in [9.17, 15) is 9.18 Å². The molecule has 0 heterocycles. The topological polar surface area (TPSA) is 41.5 Å². The Kier molecular flexibility index (Phi) is 2.70. The highest BCUT2D eigenvalue weighted by Crippen LogP contribution is 2.40. The van der Waals surface area contributed by atoms with Crippen LogP contribution in [-0.4, -0.2) is 11.6 Å². The number of hydrazone groups is 1. The fraction of sp³-hybridized carbons (Fsp3) is 0.286. The van der Waals surface area contributed by atoms with Crippen molar-refractivity contribution in [2.45, 2.75) is 12.8 Å². The summed E-state index contributed by atoms with van der Waals surface area (Å²) in [6.45, 7) is 0. The van der Waals surface area contributed by atoms with Crippen LogP contribution in [0.3, 0.4) is 0 Å². The number of fused-ring (bicyclic) bond motifs is 1. The van der Waals surface area contributed by atoms with Gasteiger partial charge in [0, 0.05) is 17.2 Å². The molecule has 18 heavy (non-hydrogen) atoms. The minimum Gasteiger partial charge on any atom is -0.267 e. The van der Waals surface area contributed by atoms with E-state index in [0.29, 0.717) is 17.4 Å². The second-order valence-electron chi connectivity index (χ2n) is 4.69. The second kappa shape index (κ2) is 4.37. The highest BCUT2D eigenvalue weighted by molar-refractivity contribution is 5.98. The van der Waals surface area contributed by atoms with E-state index in [1.165, 1.54) is 24.3 Å². The van der Waals surface area contributed by atoms with Crippen molar-refractivity contribution < 1.29 is 9.18 Å². The number of carbonyl (C=O) groups excluding carboxylic acids is 1. The van der Waals surface area contributed by atoms with Gasteiger partial charge in [-0.2, -0.15) is 5.10 Å². The van der Waals surface area contributed by atoms with Crippen LogP contribution in [0.2, 0.25) is 0 Å². The summed E-state index contributed by atoms with van der Waals surface area (Å²) in [6.07, 6.45) is 6.34. The van der Waals surface area contributed by atoms with Crippen molar-refractivity contribution in [3.63, 3.8) is 0 Å². The number of allylic oxidation sites excluding steroid dienone is 2. The van der Waals surface area contributed by atoms with Gasteiger partial charge in [-0.25, -0.2) is 9.82 Å². The van der Waals surface area contributed by atoms with E-state index < -0.39 is 0 Å². The molecule has 0 aliphatic heterocycles. The zero-order chi connectivity index (χ0) is 12.5. The maximum absolute atomic E-state index is 12.7. The molecule has 3 rings (SSSR count). The molecule has 0 bridgehead atoms. The Bertz CT molecular complexity index is 533. The average molecular weight is 244 g/mol. The van der Waals surface area contributed by atoms with Crippen molar-refractivity contribution in [2.75, 3.05) is 0 Å². The summed E-state index contributed by atoms with van der Waals surface area (Å²) in [5, 5.41) is 4.15. The summed E-state index contributed by atoms with van der Waals surface area (Å²) in [5.74, 6) is 0.457. The van der Waals surface area contributed by atoms with E-state index in [0.717, 1.165) is 18.6 Å². The predicted molar refractivity (Wildman–Crippen MR) is 66.7 cm³/mol. The molecule has 2 aliphatic rings. The maximum Gasteiger partial charge on any atom is 0.271 e. The lowest BCUT2D eigenvalue weighted by Gasteiger charge is -2.31. The Morgan fingerprint density at radius 3 is 2.83 bits per heavy atom. The number of carbonyl (C=O) groups is 1. The van der Waals surface area contributed by atoms with Crippen molar-refractivity contribution >= 4 is 11.6 Å². The molecular formula is C14H13FN2O. The molecule has 0 spiro atoms. The molecule has 3 nitrogen and oxygen atoms in total. The van der Waals surface area contributed by atoms with Crippen molar-refractivity contribution in [1.29, 1.82) is 0 Å². The summed E-state index contributed by atoms with van der Waals surface area (Å²) in [6, 6.07) is 5.43. The monoisotopic (exact) mass is 244 g/mol. The largest absolute Gasteiger partial charge is 0.271 e. The van der Waals surface area contributed by atoms with Crippen LogP contribution in [-0.2, 0) is 0 Å². The quantitative estimate of drug-likeness (QED) is 0.630. The minimum absolute atomic E-state index is 0.295. The van der Waals surface area contributed by atoms with E-state index >= 15 is 0 Å². The minimum atomic E-state index is -0.350. The molecule has 1 N–H and O–H groups in total. The van der Waals surface area contributed by atoms with Gasteiger partial charge in [0.05, 0.1) is 0 Å². The molecule has 4 heteroatoms. The summed E-state index contributed by atoms with van der Waals surface area (Å²) in [7, 11) is 0. The lowest BCUT2D eigenvalue weighted by atomic mass is 9.74. The molecule has 1 saturated carbocycles. The molecular weight excluding hydrogens is 231 g/mol. The van der Waals surface area contributed by atoms with E-state index in [1.807, 2.05) is 0 Å².